The highest BCUT2D eigenvalue weighted by Gasteiger charge is 2.19. The van der Waals surface area contributed by atoms with E-state index < -0.39 is 0 Å². The maximum atomic E-state index is 12.4. The van der Waals surface area contributed by atoms with Crippen molar-refractivity contribution in [3.63, 3.8) is 0 Å². The van der Waals surface area contributed by atoms with Crippen molar-refractivity contribution in [1.29, 1.82) is 0 Å². The summed E-state index contributed by atoms with van der Waals surface area (Å²) in [6.07, 6.45) is 0. The quantitative estimate of drug-likeness (QED) is 0.489. The molecule has 0 radical (unpaired) electrons. The van der Waals surface area contributed by atoms with Crippen molar-refractivity contribution in [3.8, 4) is 0 Å². The van der Waals surface area contributed by atoms with Crippen molar-refractivity contribution < 1.29 is 9.59 Å². The highest BCUT2D eigenvalue weighted by molar-refractivity contribution is 9.10. The Morgan fingerprint density at radius 1 is 1.17 bits per heavy atom. The predicted octanol–water partition coefficient (Wildman–Crippen LogP) is 4.11. The van der Waals surface area contributed by atoms with Gasteiger partial charge in [-0.15, -0.1) is 10.2 Å². The molecule has 7 nitrogen and oxygen atoms in total. The number of nitrogens with zero attached hydrogens (tertiary/aromatic N) is 3. The van der Waals surface area contributed by atoms with Gasteiger partial charge in [-0.3, -0.25) is 9.59 Å². The molecule has 3 aromatic rings. The van der Waals surface area contributed by atoms with E-state index in [0.717, 1.165) is 15.7 Å². The fourth-order valence-corrected chi connectivity index (χ4v) is 4.04. The first kappa shape index (κ1) is 22.0. The molecule has 0 spiro atoms. The fraction of sp³-hybridized carbons (Fsp3) is 0.238. The van der Waals surface area contributed by atoms with Crippen LogP contribution in [0.5, 0.6) is 0 Å². The second kappa shape index (κ2) is 9.90. The third-order valence-electron chi connectivity index (χ3n) is 4.43. The zero-order valence-corrected chi connectivity index (χ0v) is 19.3. The Morgan fingerprint density at radius 2 is 1.90 bits per heavy atom. The van der Waals surface area contributed by atoms with Crippen LogP contribution in [0.25, 0.3) is 0 Å². The molecule has 1 atom stereocenters. The van der Waals surface area contributed by atoms with Crippen molar-refractivity contribution in [2.75, 3.05) is 11.1 Å². The summed E-state index contributed by atoms with van der Waals surface area (Å²) in [5.74, 6) is 0.516. The number of nitrogens with one attached hydrogen (secondary N) is 2. The first-order valence-electron chi connectivity index (χ1n) is 9.29. The summed E-state index contributed by atoms with van der Waals surface area (Å²) in [5.41, 5.74) is 2.34. The van der Waals surface area contributed by atoms with Gasteiger partial charge < -0.3 is 15.2 Å². The summed E-state index contributed by atoms with van der Waals surface area (Å²) >= 11 is 4.70. The molecular formula is C21H22BrN5O2S. The van der Waals surface area contributed by atoms with Crippen LogP contribution in [-0.4, -0.2) is 32.3 Å². The number of aromatic nitrogens is 3. The maximum absolute atomic E-state index is 12.4. The lowest BCUT2D eigenvalue weighted by Gasteiger charge is -2.13. The monoisotopic (exact) mass is 487 g/mol. The Kier molecular flexibility index (Phi) is 7.28. The normalized spacial score (nSPS) is 11.7. The number of hydrogen-bond donors (Lipinski definition) is 2. The largest absolute Gasteiger partial charge is 0.342 e. The van der Waals surface area contributed by atoms with Crippen LogP contribution in [0.1, 0.15) is 34.7 Å². The lowest BCUT2D eigenvalue weighted by Crippen LogP contribution is -2.28. The minimum atomic E-state index is -0.330. The molecule has 2 N–H and O–H groups in total. The Bertz CT molecular complexity index is 1050. The molecule has 2 aromatic carbocycles. The van der Waals surface area contributed by atoms with Gasteiger partial charge in [0, 0.05) is 22.8 Å². The Hall–Kier alpha value is -2.65. The number of halogens is 1. The van der Waals surface area contributed by atoms with E-state index in [4.69, 9.17) is 0 Å². The molecule has 0 fully saturated rings. The molecule has 0 saturated heterocycles. The SMILES string of the molecule is Cc1cc(Br)ccc1NC(=O)CSc1nnc([C@H](C)NC(=O)c2ccccc2)n1C. The molecule has 0 saturated carbocycles. The van der Waals surface area contributed by atoms with Crippen molar-refractivity contribution >= 4 is 45.2 Å². The maximum Gasteiger partial charge on any atom is 0.251 e. The second-order valence-electron chi connectivity index (χ2n) is 6.76. The van der Waals surface area contributed by atoms with Gasteiger partial charge in [-0.05, 0) is 49.7 Å². The third kappa shape index (κ3) is 5.48. The average Bonchev–Trinajstić information content (AvgIpc) is 3.09. The number of amides is 2. The van der Waals surface area contributed by atoms with Crippen LogP contribution in [-0.2, 0) is 11.8 Å². The van der Waals surface area contributed by atoms with Gasteiger partial charge in [-0.2, -0.15) is 0 Å². The summed E-state index contributed by atoms with van der Waals surface area (Å²) < 4.78 is 2.76. The first-order valence-corrected chi connectivity index (χ1v) is 11.1. The lowest BCUT2D eigenvalue weighted by molar-refractivity contribution is -0.113. The number of benzene rings is 2. The van der Waals surface area contributed by atoms with E-state index >= 15 is 0 Å². The number of rotatable bonds is 7. The molecular weight excluding hydrogens is 466 g/mol. The van der Waals surface area contributed by atoms with Crippen molar-refractivity contribution in [3.05, 3.63) is 70.0 Å². The molecule has 30 heavy (non-hydrogen) atoms. The minimum Gasteiger partial charge on any atom is -0.342 e. The highest BCUT2D eigenvalue weighted by atomic mass is 79.9. The molecule has 0 aliphatic carbocycles. The standard InChI is InChI=1S/C21H22BrN5O2S/c1-13-11-16(22)9-10-17(13)24-18(28)12-30-21-26-25-19(27(21)3)14(2)23-20(29)15-7-5-4-6-8-15/h4-11,14H,12H2,1-3H3,(H,23,29)(H,24,28)/t14-/m0/s1. The number of aryl methyl sites for hydroxylation is 1. The van der Waals surface area contributed by atoms with Crippen LogP contribution in [0.2, 0.25) is 0 Å². The van der Waals surface area contributed by atoms with E-state index in [1.807, 2.05) is 57.3 Å². The van der Waals surface area contributed by atoms with Crippen LogP contribution >= 0.6 is 27.7 Å². The number of carbonyl (C=O) groups excluding carboxylic acids is 2. The van der Waals surface area contributed by atoms with Gasteiger partial charge in [0.2, 0.25) is 5.91 Å². The van der Waals surface area contributed by atoms with Crippen LogP contribution < -0.4 is 10.6 Å². The zero-order valence-electron chi connectivity index (χ0n) is 16.8. The van der Waals surface area contributed by atoms with Crippen molar-refractivity contribution in [2.24, 2.45) is 7.05 Å². The van der Waals surface area contributed by atoms with Gasteiger partial charge in [0.25, 0.3) is 5.91 Å². The molecule has 0 aliphatic rings. The minimum absolute atomic E-state index is 0.125. The van der Waals surface area contributed by atoms with E-state index in [9.17, 15) is 9.59 Å². The molecule has 0 bridgehead atoms. The van der Waals surface area contributed by atoms with Gasteiger partial charge >= 0.3 is 0 Å². The smallest absolute Gasteiger partial charge is 0.251 e. The van der Waals surface area contributed by atoms with Crippen LogP contribution in [0.15, 0.2) is 58.2 Å². The molecule has 1 heterocycles. The molecule has 9 heteroatoms. The van der Waals surface area contributed by atoms with Gasteiger partial charge in [-0.25, -0.2) is 0 Å². The van der Waals surface area contributed by atoms with E-state index in [2.05, 4.69) is 36.8 Å². The molecule has 1 aromatic heterocycles. The summed E-state index contributed by atoms with van der Waals surface area (Å²) in [6, 6.07) is 14.4. The van der Waals surface area contributed by atoms with Gasteiger partial charge in [0.05, 0.1) is 11.8 Å². The Balaban J connectivity index is 1.58. The van der Waals surface area contributed by atoms with Gasteiger partial charge in [0.15, 0.2) is 11.0 Å². The number of anilines is 1. The molecule has 2 amide bonds. The van der Waals surface area contributed by atoms with Gasteiger partial charge in [-0.1, -0.05) is 45.9 Å². The zero-order chi connectivity index (χ0) is 21.7. The van der Waals surface area contributed by atoms with Crippen molar-refractivity contribution in [1.82, 2.24) is 20.1 Å². The van der Waals surface area contributed by atoms with Crippen LogP contribution in [0.3, 0.4) is 0 Å². The topological polar surface area (TPSA) is 88.9 Å². The summed E-state index contributed by atoms with van der Waals surface area (Å²) in [5, 5.41) is 14.8. The van der Waals surface area contributed by atoms with E-state index in [0.29, 0.717) is 16.5 Å². The fourth-order valence-electron chi connectivity index (χ4n) is 2.85. The van der Waals surface area contributed by atoms with E-state index in [1.54, 1.807) is 16.7 Å². The first-order chi connectivity index (χ1) is 14.3. The molecule has 0 aliphatic heterocycles. The third-order valence-corrected chi connectivity index (χ3v) is 5.95. The summed E-state index contributed by atoms with van der Waals surface area (Å²) in [6.45, 7) is 3.79. The lowest BCUT2D eigenvalue weighted by atomic mass is 10.2. The Morgan fingerprint density at radius 3 is 2.60 bits per heavy atom. The van der Waals surface area contributed by atoms with Crippen molar-refractivity contribution in [2.45, 2.75) is 25.0 Å². The Labute approximate surface area is 187 Å². The number of thioether (sulfide) groups is 1. The summed E-state index contributed by atoms with van der Waals surface area (Å²) in [7, 11) is 1.82. The van der Waals surface area contributed by atoms with E-state index in [1.165, 1.54) is 11.8 Å². The molecule has 0 unspecified atom stereocenters. The summed E-state index contributed by atoms with van der Waals surface area (Å²) in [4.78, 5) is 24.7. The van der Waals surface area contributed by atoms with E-state index in [-0.39, 0.29) is 23.6 Å². The number of carbonyl (C=O) groups is 2. The molecule has 156 valence electrons. The van der Waals surface area contributed by atoms with Crippen LogP contribution in [0.4, 0.5) is 5.69 Å². The highest BCUT2D eigenvalue weighted by Crippen LogP contribution is 2.22. The second-order valence-corrected chi connectivity index (χ2v) is 8.62. The average molecular weight is 488 g/mol. The number of hydrogen-bond acceptors (Lipinski definition) is 5. The van der Waals surface area contributed by atoms with Gasteiger partial charge in [0.1, 0.15) is 0 Å². The molecule has 3 rings (SSSR count). The predicted molar refractivity (Wildman–Crippen MR) is 122 cm³/mol. The van der Waals surface area contributed by atoms with Crippen LogP contribution in [0, 0.1) is 6.92 Å².